The van der Waals surface area contributed by atoms with Crippen molar-refractivity contribution in [3.8, 4) is 0 Å². The first-order valence-electron chi connectivity index (χ1n) is 9.21. The topological polar surface area (TPSA) is 44.7 Å². The molecule has 3 aromatic carbocycles. The van der Waals surface area contributed by atoms with Crippen molar-refractivity contribution in [2.24, 2.45) is 4.99 Å². The number of rotatable bonds is 4. The molecule has 2 amide bonds. The predicted octanol–water partition coefficient (Wildman–Crippen LogP) is 4.90. The first-order valence-corrected chi connectivity index (χ1v) is 9.58. The Morgan fingerprint density at radius 1 is 0.929 bits per heavy atom. The lowest BCUT2D eigenvalue weighted by Crippen LogP contribution is -2.44. The molecule has 0 unspecified atom stereocenters. The van der Waals surface area contributed by atoms with Gasteiger partial charge in [0.2, 0.25) is 0 Å². The van der Waals surface area contributed by atoms with Crippen LogP contribution in [0.1, 0.15) is 22.7 Å². The molecule has 1 heterocycles. The van der Waals surface area contributed by atoms with Crippen molar-refractivity contribution < 1.29 is 4.79 Å². The van der Waals surface area contributed by atoms with Crippen molar-refractivity contribution in [1.82, 2.24) is 10.2 Å². The van der Waals surface area contributed by atoms with E-state index in [-0.39, 0.29) is 12.1 Å². The molecule has 0 saturated carbocycles. The van der Waals surface area contributed by atoms with Crippen molar-refractivity contribution in [2.45, 2.75) is 6.04 Å². The van der Waals surface area contributed by atoms with E-state index in [2.05, 4.69) is 10.3 Å². The van der Waals surface area contributed by atoms with Gasteiger partial charge < -0.3 is 5.32 Å². The Morgan fingerprint density at radius 2 is 1.57 bits per heavy atom. The Morgan fingerprint density at radius 3 is 2.18 bits per heavy atom. The monoisotopic (exact) mass is 389 g/mol. The molecule has 0 bridgehead atoms. The second-order valence-electron chi connectivity index (χ2n) is 6.57. The molecule has 1 aliphatic heterocycles. The summed E-state index contributed by atoms with van der Waals surface area (Å²) < 4.78 is 0. The van der Waals surface area contributed by atoms with Gasteiger partial charge in [-0.15, -0.1) is 0 Å². The molecule has 4 nitrogen and oxygen atoms in total. The number of benzene rings is 3. The summed E-state index contributed by atoms with van der Waals surface area (Å²) in [7, 11) is 0. The number of amides is 2. The molecule has 0 radical (unpaired) electrons. The zero-order valence-corrected chi connectivity index (χ0v) is 16.0. The number of nitrogens with one attached hydrogen (secondary N) is 1. The van der Waals surface area contributed by atoms with Crippen molar-refractivity contribution in [2.75, 3.05) is 13.1 Å². The maximum atomic E-state index is 13.2. The molecule has 5 heteroatoms. The van der Waals surface area contributed by atoms with Gasteiger partial charge in [0.1, 0.15) is 5.84 Å². The fraction of sp³-hybridized carbons (Fsp3) is 0.130. The Bertz CT molecular complexity index is 949. The number of urea groups is 1. The molecular formula is C23H20ClN3O. The van der Waals surface area contributed by atoms with E-state index in [1.54, 1.807) is 4.90 Å². The highest BCUT2D eigenvalue weighted by Crippen LogP contribution is 2.23. The van der Waals surface area contributed by atoms with Crippen LogP contribution >= 0.6 is 11.6 Å². The summed E-state index contributed by atoms with van der Waals surface area (Å²) in [6.45, 7) is 1.13. The summed E-state index contributed by atoms with van der Waals surface area (Å²) in [5.41, 5.74) is 2.90. The Kier molecular flexibility index (Phi) is 5.40. The van der Waals surface area contributed by atoms with Crippen LogP contribution in [0, 0.1) is 0 Å². The van der Waals surface area contributed by atoms with Crippen molar-refractivity contribution in [3.05, 3.63) is 107 Å². The number of hydrogen-bond acceptors (Lipinski definition) is 2. The van der Waals surface area contributed by atoms with Gasteiger partial charge in [0.15, 0.2) is 0 Å². The molecule has 4 rings (SSSR count). The lowest BCUT2D eigenvalue weighted by Gasteiger charge is -2.25. The molecule has 0 atom stereocenters. The minimum absolute atomic E-state index is 0.172. The lowest BCUT2D eigenvalue weighted by atomic mass is 9.99. The van der Waals surface area contributed by atoms with E-state index in [1.165, 1.54) is 0 Å². The van der Waals surface area contributed by atoms with E-state index in [1.807, 2.05) is 84.9 Å². The number of halogens is 1. The van der Waals surface area contributed by atoms with Gasteiger partial charge in [0.25, 0.3) is 0 Å². The molecule has 28 heavy (non-hydrogen) atoms. The fourth-order valence-corrected chi connectivity index (χ4v) is 3.56. The van der Waals surface area contributed by atoms with E-state index in [9.17, 15) is 4.79 Å². The number of nitrogens with zero attached hydrogens (tertiary/aromatic N) is 2. The first kappa shape index (κ1) is 18.3. The second-order valence-corrected chi connectivity index (χ2v) is 7.01. The zero-order valence-electron chi connectivity index (χ0n) is 15.3. The van der Waals surface area contributed by atoms with Crippen LogP contribution in [0.15, 0.2) is 89.9 Å². The maximum absolute atomic E-state index is 13.2. The van der Waals surface area contributed by atoms with E-state index < -0.39 is 0 Å². The summed E-state index contributed by atoms with van der Waals surface area (Å²) in [5, 5.41) is 3.80. The highest BCUT2D eigenvalue weighted by Gasteiger charge is 2.27. The average molecular weight is 390 g/mol. The summed E-state index contributed by atoms with van der Waals surface area (Å²) in [6.07, 6.45) is 0. The third kappa shape index (κ3) is 3.92. The highest BCUT2D eigenvalue weighted by atomic mass is 35.5. The second kappa shape index (κ2) is 8.28. The molecule has 0 aliphatic carbocycles. The summed E-state index contributed by atoms with van der Waals surface area (Å²) >= 11 is 6.12. The van der Waals surface area contributed by atoms with Gasteiger partial charge in [-0.1, -0.05) is 84.4 Å². The Balaban J connectivity index is 1.60. The molecule has 0 aromatic heterocycles. The zero-order chi connectivity index (χ0) is 19.3. The van der Waals surface area contributed by atoms with Crippen LogP contribution in [0.4, 0.5) is 4.79 Å². The van der Waals surface area contributed by atoms with Gasteiger partial charge in [-0.3, -0.25) is 9.89 Å². The fourth-order valence-electron chi connectivity index (χ4n) is 3.37. The normalized spacial score (nSPS) is 13.5. The quantitative estimate of drug-likeness (QED) is 0.677. The SMILES string of the molecule is O=C(NC(c1ccccc1)c1ccccc1)N1CCN=C1c1cccc(Cl)c1. The third-order valence-electron chi connectivity index (χ3n) is 4.70. The minimum Gasteiger partial charge on any atom is -0.327 e. The van der Waals surface area contributed by atoms with Crippen LogP contribution in [-0.4, -0.2) is 29.9 Å². The van der Waals surface area contributed by atoms with Crippen molar-refractivity contribution in [1.29, 1.82) is 0 Å². The summed E-state index contributed by atoms with van der Waals surface area (Å²) in [6, 6.07) is 27.0. The minimum atomic E-state index is -0.240. The van der Waals surface area contributed by atoms with Crippen LogP contribution in [0.5, 0.6) is 0 Å². The predicted molar refractivity (Wildman–Crippen MR) is 113 cm³/mol. The standard InChI is InChI=1S/C23H20ClN3O/c24-20-13-7-12-19(16-20)22-25-14-15-27(22)23(28)26-21(17-8-3-1-4-9-17)18-10-5-2-6-11-18/h1-13,16,21H,14-15H2,(H,26,28). The molecular weight excluding hydrogens is 370 g/mol. The number of carbonyl (C=O) groups excluding carboxylic acids is 1. The maximum Gasteiger partial charge on any atom is 0.323 e. The summed E-state index contributed by atoms with van der Waals surface area (Å²) in [5.74, 6) is 0.653. The van der Waals surface area contributed by atoms with Crippen LogP contribution in [0.3, 0.4) is 0 Å². The molecule has 1 aliphatic rings. The van der Waals surface area contributed by atoms with Crippen LogP contribution in [0.25, 0.3) is 0 Å². The molecule has 0 saturated heterocycles. The van der Waals surface area contributed by atoms with E-state index in [0.29, 0.717) is 23.9 Å². The van der Waals surface area contributed by atoms with Crippen LogP contribution in [0.2, 0.25) is 5.02 Å². The van der Waals surface area contributed by atoms with E-state index >= 15 is 0 Å². The van der Waals surface area contributed by atoms with Gasteiger partial charge >= 0.3 is 6.03 Å². The number of amidine groups is 1. The Hall–Kier alpha value is -3.11. The average Bonchev–Trinajstić information content (AvgIpc) is 3.23. The van der Waals surface area contributed by atoms with Gasteiger partial charge in [-0.25, -0.2) is 4.79 Å². The van der Waals surface area contributed by atoms with Gasteiger partial charge in [0, 0.05) is 17.1 Å². The highest BCUT2D eigenvalue weighted by molar-refractivity contribution is 6.31. The lowest BCUT2D eigenvalue weighted by molar-refractivity contribution is 0.221. The Labute approximate surface area is 169 Å². The molecule has 0 spiro atoms. The van der Waals surface area contributed by atoms with Crippen LogP contribution in [-0.2, 0) is 0 Å². The van der Waals surface area contributed by atoms with E-state index in [4.69, 9.17) is 11.6 Å². The third-order valence-corrected chi connectivity index (χ3v) is 4.94. The molecule has 1 N–H and O–H groups in total. The molecule has 140 valence electrons. The van der Waals surface area contributed by atoms with Gasteiger partial charge in [0.05, 0.1) is 12.6 Å². The number of aliphatic imine (C=N–C) groups is 1. The van der Waals surface area contributed by atoms with Gasteiger partial charge in [-0.2, -0.15) is 0 Å². The largest absolute Gasteiger partial charge is 0.327 e. The van der Waals surface area contributed by atoms with Gasteiger partial charge in [-0.05, 0) is 23.3 Å². The number of hydrogen-bond donors (Lipinski definition) is 1. The molecule has 0 fully saturated rings. The van der Waals surface area contributed by atoms with Crippen LogP contribution < -0.4 is 5.32 Å². The molecule has 3 aromatic rings. The van der Waals surface area contributed by atoms with E-state index in [0.717, 1.165) is 16.7 Å². The van der Waals surface area contributed by atoms with Crippen molar-refractivity contribution >= 4 is 23.5 Å². The first-order chi connectivity index (χ1) is 13.7. The van der Waals surface area contributed by atoms with Crippen molar-refractivity contribution in [3.63, 3.8) is 0 Å². The number of carbonyl (C=O) groups is 1. The summed E-state index contributed by atoms with van der Waals surface area (Å²) in [4.78, 5) is 19.4. The smallest absolute Gasteiger partial charge is 0.323 e.